The van der Waals surface area contributed by atoms with Gasteiger partial charge in [-0.2, -0.15) is 0 Å². The fourth-order valence-electron chi connectivity index (χ4n) is 1.66. The highest BCUT2D eigenvalue weighted by Gasteiger charge is 2.03. The Morgan fingerprint density at radius 1 is 0.895 bits per heavy atom. The van der Waals surface area contributed by atoms with Crippen molar-refractivity contribution in [1.29, 1.82) is 0 Å². The summed E-state index contributed by atoms with van der Waals surface area (Å²) in [6, 6.07) is 15.2. The molecule has 0 aliphatic rings. The molecule has 0 radical (unpaired) electrons. The SMILES string of the molecule is Clc1cccc(Cl)c1NCCCOc1ccccc1. The second-order valence-corrected chi connectivity index (χ2v) is 4.85. The summed E-state index contributed by atoms with van der Waals surface area (Å²) < 4.78 is 5.60. The molecule has 19 heavy (non-hydrogen) atoms. The molecule has 0 amide bonds. The third-order valence-corrected chi connectivity index (χ3v) is 3.23. The third-order valence-electron chi connectivity index (χ3n) is 2.60. The zero-order valence-corrected chi connectivity index (χ0v) is 11.9. The van der Waals surface area contributed by atoms with Gasteiger partial charge in [-0.1, -0.05) is 47.5 Å². The molecular formula is C15H15Cl2NO. The van der Waals surface area contributed by atoms with Gasteiger partial charge in [0.15, 0.2) is 0 Å². The van der Waals surface area contributed by atoms with Gasteiger partial charge in [-0.15, -0.1) is 0 Å². The van der Waals surface area contributed by atoms with Crippen molar-refractivity contribution in [2.24, 2.45) is 0 Å². The Labute approximate surface area is 123 Å². The Morgan fingerprint density at radius 2 is 1.58 bits per heavy atom. The third kappa shape index (κ3) is 4.34. The maximum Gasteiger partial charge on any atom is 0.119 e. The standard InChI is InChI=1S/C15H15Cl2NO/c16-13-8-4-9-14(17)15(13)18-10-5-11-19-12-6-2-1-3-7-12/h1-4,6-9,18H,5,10-11H2. The summed E-state index contributed by atoms with van der Waals surface area (Å²) in [4.78, 5) is 0. The summed E-state index contributed by atoms with van der Waals surface area (Å²) in [5.41, 5.74) is 0.783. The molecule has 2 aromatic carbocycles. The van der Waals surface area contributed by atoms with Gasteiger partial charge < -0.3 is 10.1 Å². The first-order valence-electron chi connectivity index (χ1n) is 6.13. The average molecular weight is 296 g/mol. The lowest BCUT2D eigenvalue weighted by molar-refractivity contribution is 0.315. The molecule has 2 rings (SSSR count). The van der Waals surface area contributed by atoms with Crippen molar-refractivity contribution in [2.45, 2.75) is 6.42 Å². The summed E-state index contributed by atoms with van der Waals surface area (Å²) >= 11 is 12.1. The van der Waals surface area contributed by atoms with E-state index in [0.717, 1.165) is 24.4 Å². The first kappa shape index (κ1) is 14.0. The normalized spacial score (nSPS) is 10.2. The molecular weight excluding hydrogens is 281 g/mol. The van der Waals surface area contributed by atoms with Crippen LogP contribution in [0.5, 0.6) is 5.75 Å². The van der Waals surface area contributed by atoms with Crippen LogP contribution >= 0.6 is 23.2 Å². The molecule has 100 valence electrons. The van der Waals surface area contributed by atoms with Crippen molar-refractivity contribution >= 4 is 28.9 Å². The van der Waals surface area contributed by atoms with E-state index in [-0.39, 0.29) is 0 Å². The van der Waals surface area contributed by atoms with E-state index in [2.05, 4.69) is 5.32 Å². The van der Waals surface area contributed by atoms with Gasteiger partial charge in [-0.05, 0) is 30.7 Å². The van der Waals surface area contributed by atoms with Crippen molar-refractivity contribution < 1.29 is 4.74 Å². The van der Waals surface area contributed by atoms with E-state index in [1.165, 1.54) is 0 Å². The van der Waals surface area contributed by atoms with Crippen LogP contribution in [0.3, 0.4) is 0 Å². The van der Waals surface area contributed by atoms with Crippen LogP contribution in [-0.2, 0) is 0 Å². The predicted molar refractivity (Wildman–Crippen MR) is 81.5 cm³/mol. The molecule has 0 aliphatic carbocycles. The molecule has 0 heterocycles. The molecule has 2 nitrogen and oxygen atoms in total. The minimum absolute atomic E-state index is 0.636. The molecule has 0 aliphatic heterocycles. The van der Waals surface area contributed by atoms with E-state index in [4.69, 9.17) is 27.9 Å². The number of anilines is 1. The van der Waals surface area contributed by atoms with Gasteiger partial charge >= 0.3 is 0 Å². The predicted octanol–water partition coefficient (Wildman–Crippen LogP) is 4.87. The molecule has 0 saturated heterocycles. The van der Waals surface area contributed by atoms with Crippen molar-refractivity contribution in [3.63, 3.8) is 0 Å². The molecule has 2 aromatic rings. The maximum absolute atomic E-state index is 6.06. The number of benzene rings is 2. The molecule has 0 bridgehead atoms. The smallest absolute Gasteiger partial charge is 0.119 e. The second-order valence-electron chi connectivity index (χ2n) is 4.04. The molecule has 0 saturated carbocycles. The monoisotopic (exact) mass is 295 g/mol. The van der Waals surface area contributed by atoms with Crippen LogP contribution < -0.4 is 10.1 Å². The Balaban J connectivity index is 1.73. The molecule has 0 unspecified atom stereocenters. The second kappa shape index (κ2) is 7.27. The molecule has 0 aromatic heterocycles. The van der Waals surface area contributed by atoms with Crippen molar-refractivity contribution in [3.8, 4) is 5.75 Å². The van der Waals surface area contributed by atoms with E-state index in [0.29, 0.717) is 16.7 Å². The van der Waals surface area contributed by atoms with Crippen LogP contribution in [0.25, 0.3) is 0 Å². The van der Waals surface area contributed by atoms with E-state index in [1.54, 1.807) is 0 Å². The van der Waals surface area contributed by atoms with Crippen LogP contribution in [0.1, 0.15) is 6.42 Å². The maximum atomic E-state index is 6.06. The van der Waals surface area contributed by atoms with Gasteiger partial charge in [0, 0.05) is 6.54 Å². The van der Waals surface area contributed by atoms with E-state index in [1.807, 2.05) is 48.5 Å². The number of ether oxygens (including phenoxy) is 1. The Hall–Kier alpha value is -1.38. The lowest BCUT2D eigenvalue weighted by Gasteiger charge is -2.10. The lowest BCUT2D eigenvalue weighted by atomic mass is 10.3. The first-order chi connectivity index (χ1) is 9.27. The van der Waals surface area contributed by atoms with Crippen LogP contribution in [0.15, 0.2) is 48.5 Å². The van der Waals surface area contributed by atoms with E-state index >= 15 is 0 Å². The molecule has 4 heteroatoms. The van der Waals surface area contributed by atoms with Crippen molar-refractivity contribution in [1.82, 2.24) is 0 Å². The number of para-hydroxylation sites is 2. The number of nitrogens with one attached hydrogen (secondary N) is 1. The number of rotatable bonds is 6. The summed E-state index contributed by atoms with van der Waals surface area (Å²) in [6.07, 6.45) is 0.871. The topological polar surface area (TPSA) is 21.3 Å². The van der Waals surface area contributed by atoms with Crippen LogP contribution in [0, 0.1) is 0 Å². The van der Waals surface area contributed by atoms with Crippen LogP contribution in [0.4, 0.5) is 5.69 Å². The van der Waals surface area contributed by atoms with Gasteiger partial charge in [-0.25, -0.2) is 0 Å². The number of halogens is 2. The van der Waals surface area contributed by atoms with E-state index in [9.17, 15) is 0 Å². The minimum atomic E-state index is 0.636. The van der Waals surface area contributed by atoms with E-state index < -0.39 is 0 Å². The largest absolute Gasteiger partial charge is 0.494 e. The minimum Gasteiger partial charge on any atom is -0.494 e. The number of hydrogen-bond donors (Lipinski definition) is 1. The number of hydrogen-bond acceptors (Lipinski definition) is 2. The van der Waals surface area contributed by atoms with Gasteiger partial charge in [0.05, 0.1) is 22.3 Å². The first-order valence-corrected chi connectivity index (χ1v) is 6.88. The quantitative estimate of drug-likeness (QED) is 0.767. The molecule has 1 N–H and O–H groups in total. The Morgan fingerprint density at radius 3 is 2.26 bits per heavy atom. The van der Waals surface area contributed by atoms with Crippen molar-refractivity contribution in [3.05, 3.63) is 58.6 Å². The summed E-state index contributed by atoms with van der Waals surface area (Å²) in [6.45, 7) is 1.41. The molecule has 0 atom stereocenters. The summed E-state index contributed by atoms with van der Waals surface area (Å²) in [5.74, 6) is 0.887. The molecule has 0 fully saturated rings. The van der Waals surface area contributed by atoms with Gasteiger partial charge in [-0.3, -0.25) is 0 Å². The zero-order valence-electron chi connectivity index (χ0n) is 10.4. The summed E-state index contributed by atoms with van der Waals surface area (Å²) in [5, 5.41) is 4.49. The fourth-order valence-corrected chi connectivity index (χ4v) is 2.19. The highest BCUT2D eigenvalue weighted by Crippen LogP contribution is 2.29. The van der Waals surface area contributed by atoms with Gasteiger partial charge in [0.1, 0.15) is 5.75 Å². The summed E-state index contributed by atoms with van der Waals surface area (Å²) in [7, 11) is 0. The van der Waals surface area contributed by atoms with Crippen molar-refractivity contribution in [2.75, 3.05) is 18.5 Å². The zero-order chi connectivity index (χ0) is 13.5. The van der Waals surface area contributed by atoms with Gasteiger partial charge in [0.25, 0.3) is 0 Å². The van der Waals surface area contributed by atoms with Crippen LogP contribution in [-0.4, -0.2) is 13.2 Å². The molecule has 0 spiro atoms. The average Bonchev–Trinajstić information content (AvgIpc) is 2.42. The highest BCUT2D eigenvalue weighted by molar-refractivity contribution is 6.39. The highest BCUT2D eigenvalue weighted by atomic mass is 35.5. The van der Waals surface area contributed by atoms with Gasteiger partial charge in [0.2, 0.25) is 0 Å². The van der Waals surface area contributed by atoms with Crippen LogP contribution in [0.2, 0.25) is 10.0 Å². The fraction of sp³-hybridized carbons (Fsp3) is 0.200. The Kier molecular flexibility index (Phi) is 5.37. The lowest BCUT2D eigenvalue weighted by Crippen LogP contribution is -2.07. The Bertz CT molecular complexity index is 497.